The molecule has 0 bridgehead atoms. The van der Waals surface area contributed by atoms with Crippen LogP contribution in [0.4, 0.5) is 4.79 Å². The molecule has 2 aliphatic heterocycles. The van der Waals surface area contributed by atoms with Crippen LogP contribution in [0, 0.1) is 5.92 Å². The lowest BCUT2D eigenvalue weighted by Crippen LogP contribution is -2.46. The van der Waals surface area contributed by atoms with Gasteiger partial charge in [-0.15, -0.1) is 0 Å². The number of carbonyl (C=O) groups is 2. The molecule has 0 radical (unpaired) electrons. The first-order valence-electron chi connectivity index (χ1n) is 9.81. The first-order chi connectivity index (χ1) is 13.1. The second-order valence-corrected chi connectivity index (χ2v) is 7.59. The molecule has 1 saturated heterocycles. The van der Waals surface area contributed by atoms with Crippen molar-refractivity contribution in [3.63, 3.8) is 0 Å². The number of nitrogens with zero attached hydrogens (tertiary/aromatic N) is 1. The maximum atomic E-state index is 12.8. The molecule has 1 aromatic carbocycles. The summed E-state index contributed by atoms with van der Waals surface area (Å²) < 4.78 is 11.3. The lowest BCUT2D eigenvalue weighted by atomic mass is 9.86. The average molecular weight is 374 g/mol. The Morgan fingerprint density at radius 2 is 1.78 bits per heavy atom. The van der Waals surface area contributed by atoms with Crippen molar-refractivity contribution in [1.82, 2.24) is 10.2 Å². The number of rotatable bonds is 3. The third-order valence-corrected chi connectivity index (χ3v) is 5.87. The molecule has 0 aromatic heterocycles. The van der Waals surface area contributed by atoms with Gasteiger partial charge in [-0.25, -0.2) is 4.79 Å². The Bertz CT molecular complexity index is 714. The third kappa shape index (κ3) is 3.82. The molecular formula is C20H26N2O5. The maximum absolute atomic E-state index is 12.8. The van der Waals surface area contributed by atoms with Gasteiger partial charge in [0.05, 0.1) is 12.0 Å². The van der Waals surface area contributed by atoms with Crippen LogP contribution in [0.5, 0.6) is 11.5 Å². The van der Waals surface area contributed by atoms with Gasteiger partial charge in [-0.3, -0.25) is 4.79 Å². The van der Waals surface area contributed by atoms with Gasteiger partial charge in [-0.05, 0) is 56.2 Å². The summed E-state index contributed by atoms with van der Waals surface area (Å²) in [6.45, 7) is 1.84. The number of benzene rings is 1. The number of hydrogen-bond donors (Lipinski definition) is 2. The molecule has 1 atom stereocenters. The van der Waals surface area contributed by atoms with Crippen molar-refractivity contribution in [2.75, 3.05) is 19.8 Å². The SMILES string of the molecule is O=C(O)C1CCC(NC(=O)N2CCCC2c2ccc3c(c2)OCCO3)CC1. The Labute approximate surface area is 158 Å². The summed E-state index contributed by atoms with van der Waals surface area (Å²) >= 11 is 0. The molecule has 2 amide bonds. The minimum Gasteiger partial charge on any atom is -0.486 e. The molecule has 1 aromatic rings. The molecule has 7 nitrogen and oxygen atoms in total. The van der Waals surface area contributed by atoms with Crippen molar-refractivity contribution in [2.24, 2.45) is 5.92 Å². The Hall–Kier alpha value is -2.44. The van der Waals surface area contributed by atoms with E-state index < -0.39 is 5.97 Å². The fourth-order valence-electron chi connectivity index (χ4n) is 4.37. The molecule has 7 heteroatoms. The van der Waals surface area contributed by atoms with Gasteiger partial charge in [-0.2, -0.15) is 0 Å². The van der Waals surface area contributed by atoms with Crippen molar-refractivity contribution in [3.8, 4) is 11.5 Å². The number of nitrogens with one attached hydrogen (secondary N) is 1. The van der Waals surface area contributed by atoms with E-state index in [1.807, 2.05) is 23.1 Å². The monoisotopic (exact) mass is 374 g/mol. The smallest absolute Gasteiger partial charge is 0.318 e. The highest BCUT2D eigenvalue weighted by atomic mass is 16.6. The van der Waals surface area contributed by atoms with Crippen molar-refractivity contribution in [1.29, 1.82) is 0 Å². The van der Waals surface area contributed by atoms with E-state index in [1.165, 1.54) is 0 Å². The van der Waals surface area contributed by atoms with E-state index in [-0.39, 0.29) is 24.0 Å². The van der Waals surface area contributed by atoms with E-state index in [2.05, 4.69) is 5.32 Å². The number of carboxylic acids is 1. The highest BCUT2D eigenvalue weighted by molar-refractivity contribution is 5.75. The largest absolute Gasteiger partial charge is 0.486 e. The minimum absolute atomic E-state index is 0.0381. The number of fused-ring (bicyclic) bond motifs is 1. The van der Waals surface area contributed by atoms with Crippen LogP contribution in [0.2, 0.25) is 0 Å². The summed E-state index contributed by atoms with van der Waals surface area (Å²) in [5.74, 6) is 0.514. The topological polar surface area (TPSA) is 88.1 Å². The summed E-state index contributed by atoms with van der Waals surface area (Å²) in [4.78, 5) is 25.8. The molecule has 2 heterocycles. The number of aliphatic carboxylic acids is 1. The molecular weight excluding hydrogens is 348 g/mol. The number of likely N-dealkylation sites (tertiary alicyclic amines) is 1. The van der Waals surface area contributed by atoms with Crippen LogP contribution in [0.25, 0.3) is 0 Å². The lowest BCUT2D eigenvalue weighted by molar-refractivity contribution is -0.142. The normalized spacial score (nSPS) is 27.3. The summed E-state index contributed by atoms with van der Waals surface area (Å²) in [5.41, 5.74) is 1.07. The summed E-state index contributed by atoms with van der Waals surface area (Å²) in [6.07, 6.45) is 4.62. The predicted octanol–water partition coefficient (Wildman–Crippen LogP) is 2.95. The van der Waals surface area contributed by atoms with Crippen molar-refractivity contribution in [2.45, 2.75) is 50.6 Å². The zero-order valence-electron chi connectivity index (χ0n) is 15.4. The second-order valence-electron chi connectivity index (χ2n) is 7.59. The first-order valence-corrected chi connectivity index (χ1v) is 9.81. The Morgan fingerprint density at radius 1 is 1.04 bits per heavy atom. The van der Waals surface area contributed by atoms with Crippen LogP contribution in [-0.2, 0) is 4.79 Å². The van der Waals surface area contributed by atoms with E-state index in [9.17, 15) is 9.59 Å². The van der Waals surface area contributed by atoms with E-state index in [0.717, 1.165) is 49.3 Å². The van der Waals surface area contributed by atoms with E-state index in [0.29, 0.717) is 26.1 Å². The number of carbonyl (C=O) groups excluding carboxylic acids is 1. The summed E-state index contributed by atoms with van der Waals surface area (Å²) in [7, 11) is 0. The quantitative estimate of drug-likeness (QED) is 0.849. The van der Waals surface area contributed by atoms with Gasteiger partial charge in [-0.1, -0.05) is 6.07 Å². The van der Waals surface area contributed by atoms with E-state index in [1.54, 1.807) is 0 Å². The average Bonchev–Trinajstić information content (AvgIpc) is 3.18. The first kappa shape index (κ1) is 17.9. The number of carboxylic acid groups (broad SMARTS) is 1. The molecule has 0 spiro atoms. The van der Waals surface area contributed by atoms with Gasteiger partial charge in [0, 0.05) is 12.6 Å². The Balaban J connectivity index is 1.39. The molecule has 4 rings (SSSR count). The fraction of sp³-hybridized carbons (Fsp3) is 0.600. The molecule has 3 aliphatic rings. The van der Waals surface area contributed by atoms with Crippen LogP contribution in [0.1, 0.15) is 50.1 Å². The van der Waals surface area contributed by atoms with Crippen LogP contribution in [-0.4, -0.2) is 47.8 Å². The molecule has 1 saturated carbocycles. The molecule has 146 valence electrons. The highest BCUT2D eigenvalue weighted by Gasteiger charge is 2.33. The Kier molecular flexibility index (Phi) is 5.09. The standard InChI is InChI=1S/C20H26N2O5/c23-19(24)13-3-6-15(7-4-13)21-20(25)22-9-1-2-16(22)14-5-8-17-18(12-14)27-11-10-26-17/h5,8,12-13,15-16H,1-4,6-7,9-11H2,(H,21,25)(H,23,24). The molecule has 1 unspecified atom stereocenters. The zero-order valence-corrected chi connectivity index (χ0v) is 15.4. The van der Waals surface area contributed by atoms with E-state index in [4.69, 9.17) is 14.6 Å². The summed E-state index contributed by atoms with van der Waals surface area (Å²) in [6, 6.07) is 5.98. The van der Waals surface area contributed by atoms with Crippen LogP contribution in [0.15, 0.2) is 18.2 Å². The van der Waals surface area contributed by atoms with Crippen molar-refractivity contribution in [3.05, 3.63) is 23.8 Å². The van der Waals surface area contributed by atoms with Gasteiger partial charge in [0.15, 0.2) is 11.5 Å². The van der Waals surface area contributed by atoms with Crippen molar-refractivity contribution >= 4 is 12.0 Å². The predicted molar refractivity (Wildman–Crippen MR) is 98.0 cm³/mol. The third-order valence-electron chi connectivity index (χ3n) is 5.87. The lowest BCUT2D eigenvalue weighted by Gasteiger charge is -2.31. The van der Waals surface area contributed by atoms with Gasteiger partial charge < -0.3 is 24.8 Å². The number of urea groups is 1. The highest BCUT2D eigenvalue weighted by Crippen LogP contribution is 2.38. The molecule has 1 aliphatic carbocycles. The number of hydrogen-bond acceptors (Lipinski definition) is 4. The number of ether oxygens (including phenoxy) is 2. The van der Waals surface area contributed by atoms with Gasteiger partial charge >= 0.3 is 12.0 Å². The Morgan fingerprint density at radius 3 is 2.52 bits per heavy atom. The summed E-state index contributed by atoms with van der Waals surface area (Å²) in [5, 5.41) is 12.2. The van der Waals surface area contributed by atoms with Crippen LogP contribution < -0.4 is 14.8 Å². The minimum atomic E-state index is -0.724. The molecule has 2 fully saturated rings. The van der Waals surface area contributed by atoms with Gasteiger partial charge in [0.1, 0.15) is 13.2 Å². The van der Waals surface area contributed by atoms with E-state index >= 15 is 0 Å². The van der Waals surface area contributed by atoms with Crippen LogP contribution in [0.3, 0.4) is 0 Å². The maximum Gasteiger partial charge on any atom is 0.318 e. The molecule has 2 N–H and O–H groups in total. The van der Waals surface area contributed by atoms with Crippen LogP contribution >= 0.6 is 0 Å². The zero-order chi connectivity index (χ0) is 18.8. The number of amides is 2. The molecule has 27 heavy (non-hydrogen) atoms. The van der Waals surface area contributed by atoms with Gasteiger partial charge in [0.2, 0.25) is 0 Å². The fourth-order valence-corrected chi connectivity index (χ4v) is 4.37. The van der Waals surface area contributed by atoms with Crippen molar-refractivity contribution < 1.29 is 24.2 Å². The van der Waals surface area contributed by atoms with Gasteiger partial charge in [0.25, 0.3) is 0 Å². The second kappa shape index (κ2) is 7.66.